The topological polar surface area (TPSA) is 67.6 Å². The molecule has 7 heteroatoms. The van der Waals surface area contributed by atoms with Gasteiger partial charge in [-0.25, -0.2) is 0 Å². The molecule has 120 valence electrons. The maximum absolute atomic E-state index is 11.8. The third-order valence-corrected chi connectivity index (χ3v) is 4.02. The van der Waals surface area contributed by atoms with Gasteiger partial charge in [0.1, 0.15) is 0 Å². The third kappa shape index (κ3) is 6.59. The van der Waals surface area contributed by atoms with Gasteiger partial charge in [-0.15, -0.1) is 24.8 Å². The molecule has 1 amide bonds. The Morgan fingerprint density at radius 3 is 2.55 bits per heavy atom. The maximum Gasteiger partial charge on any atom is 0.220 e. The number of ether oxygens (including phenoxy) is 1. The van der Waals surface area contributed by atoms with Gasteiger partial charge < -0.3 is 15.8 Å². The molecule has 20 heavy (non-hydrogen) atoms. The van der Waals surface area contributed by atoms with Gasteiger partial charge in [-0.1, -0.05) is 6.42 Å². The van der Waals surface area contributed by atoms with Crippen molar-refractivity contribution in [1.29, 1.82) is 0 Å². The number of carbonyl (C=O) groups excluding carboxylic acids is 1. The van der Waals surface area contributed by atoms with E-state index in [0.717, 1.165) is 52.2 Å². The molecular formula is C13H27Cl2N3O2. The van der Waals surface area contributed by atoms with Crippen molar-refractivity contribution >= 4 is 30.7 Å². The zero-order valence-corrected chi connectivity index (χ0v) is 13.5. The molecule has 2 rings (SSSR count). The molecule has 3 N–H and O–H groups in total. The molecule has 2 fully saturated rings. The summed E-state index contributed by atoms with van der Waals surface area (Å²) in [6.07, 6.45) is 3.96. The van der Waals surface area contributed by atoms with Crippen LogP contribution in [-0.4, -0.2) is 56.2 Å². The molecule has 2 aliphatic rings. The summed E-state index contributed by atoms with van der Waals surface area (Å²) in [6, 6.07) is 0.231. The first-order chi connectivity index (χ1) is 8.75. The van der Waals surface area contributed by atoms with Crippen molar-refractivity contribution in [3.8, 4) is 0 Å². The minimum Gasteiger partial charge on any atom is -0.379 e. The van der Waals surface area contributed by atoms with Gasteiger partial charge in [0, 0.05) is 38.6 Å². The van der Waals surface area contributed by atoms with Crippen molar-refractivity contribution in [2.24, 2.45) is 11.7 Å². The third-order valence-electron chi connectivity index (χ3n) is 4.02. The molecule has 1 aliphatic carbocycles. The Labute approximate surface area is 133 Å². The van der Waals surface area contributed by atoms with Crippen molar-refractivity contribution in [2.75, 3.05) is 39.4 Å². The average molecular weight is 328 g/mol. The summed E-state index contributed by atoms with van der Waals surface area (Å²) in [4.78, 5) is 14.1. The summed E-state index contributed by atoms with van der Waals surface area (Å²) in [5.74, 6) is 0.555. The summed E-state index contributed by atoms with van der Waals surface area (Å²) >= 11 is 0. The molecule has 0 aromatic heterocycles. The fraction of sp³-hybridized carbons (Fsp3) is 0.923. The van der Waals surface area contributed by atoms with Gasteiger partial charge in [0.05, 0.1) is 13.2 Å². The molecule has 2 atom stereocenters. The van der Waals surface area contributed by atoms with Crippen LogP contribution in [-0.2, 0) is 9.53 Å². The highest BCUT2D eigenvalue weighted by Gasteiger charge is 2.25. The first kappa shape index (κ1) is 19.9. The fourth-order valence-corrected chi connectivity index (χ4v) is 2.81. The monoisotopic (exact) mass is 327 g/mol. The Morgan fingerprint density at radius 2 is 1.95 bits per heavy atom. The Kier molecular flexibility index (Phi) is 10.6. The number of carbonyl (C=O) groups is 1. The highest BCUT2D eigenvalue weighted by atomic mass is 35.5. The van der Waals surface area contributed by atoms with Gasteiger partial charge >= 0.3 is 0 Å². The van der Waals surface area contributed by atoms with E-state index in [1.54, 1.807) is 0 Å². The molecule has 0 bridgehead atoms. The minimum atomic E-state index is 0. The highest BCUT2D eigenvalue weighted by Crippen LogP contribution is 2.26. The molecule has 0 aromatic rings. The second-order valence-corrected chi connectivity index (χ2v) is 5.36. The van der Waals surface area contributed by atoms with Crippen LogP contribution in [0.5, 0.6) is 0 Å². The number of amides is 1. The van der Waals surface area contributed by atoms with E-state index in [1.807, 2.05) is 0 Å². The van der Waals surface area contributed by atoms with Crippen LogP contribution < -0.4 is 11.1 Å². The van der Waals surface area contributed by atoms with Crippen LogP contribution in [0.25, 0.3) is 0 Å². The molecule has 5 nitrogen and oxygen atoms in total. The van der Waals surface area contributed by atoms with E-state index in [9.17, 15) is 4.79 Å². The Bertz CT molecular complexity index is 276. The maximum atomic E-state index is 11.8. The average Bonchev–Trinajstić information content (AvgIpc) is 2.76. The molecule has 1 heterocycles. The van der Waals surface area contributed by atoms with Crippen LogP contribution in [0.15, 0.2) is 0 Å². The highest BCUT2D eigenvalue weighted by molar-refractivity contribution is 5.85. The van der Waals surface area contributed by atoms with Crippen LogP contribution >= 0.6 is 24.8 Å². The molecule has 0 spiro atoms. The Morgan fingerprint density at radius 1 is 1.25 bits per heavy atom. The lowest BCUT2D eigenvalue weighted by Crippen LogP contribution is -2.41. The Hall–Kier alpha value is -0.0700. The van der Waals surface area contributed by atoms with E-state index in [4.69, 9.17) is 10.5 Å². The second kappa shape index (κ2) is 10.6. The van der Waals surface area contributed by atoms with Gasteiger partial charge in [0.15, 0.2) is 0 Å². The van der Waals surface area contributed by atoms with Gasteiger partial charge in [-0.3, -0.25) is 9.69 Å². The molecule has 0 unspecified atom stereocenters. The predicted molar refractivity (Wildman–Crippen MR) is 84.7 cm³/mol. The number of halogens is 2. The number of hydrogen-bond acceptors (Lipinski definition) is 4. The SMILES string of the molecule is Cl.Cl.N[C@@H]1CCC[C@H]1CC(=O)NCCN1CCOCC1. The molecular weight excluding hydrogens is 301 g/mol. The van der Waals surface area contributed by atoms with E-state index in [1.165, 1.54) is 6.42 Å². The summed E-state index contributed by atoms with van der Waals surface area (Å²) in [7, 11) is 0. The van der Waals surface area contributed by atoms with Gasteiger partial charge in [-0.05, 0) is 18.8 Å². The van der Waals surface area contributed by atoms with E-state index < -0.39 is 0 Å². The van der Waals surface area contributed by atoms with E-state index in [-0.39, 0.29) is 36.8 Å². The molecule has 1 saturated heterocycles. The van der Waals surface area contributed by atoms with Crippen LogP contribution in [0.4, 0.5) is 0 Å². The summed E-state index contributed by atoms with van der Waals surface area (Å²) in [5, 5.41) is 3.00. The van der Waals surface area contributed by atoms with Crippen molar-refractivity contribution < 1.29 is 9.53 Å². The summed E-state index contributed by atoms with van der Waals surface area (Å²) in [5.41, 5.74) is 5.97. The normalized spacial score (nSPS) is 26.4. The number of morpholine rings is 1. The van der Waals surface area contributed by atoms with E-state index in [0.29, 0.717) is 12.3 Å². The van der Waals surface area contributed by atoms with E-state index >= 15 is 0 Å². The molecule has 0 radical (unpaired) electrons. The lowest BCUT2D eigenvalue weighted by molar-refractivity contribution is -0.122. The van der Waals surface area contributed by atoms with Crippen molar-refractivity contribution in [1.82, 2.24) is 10.2 Å². The van der Waals surface area contributed by atoms with E-state index in [2.05, 4.69) is 10.2 Å². The number of nitrogens with zero attached hydrogens (tertiary/aromatic N) is 1. The van der Waals surface area contributed by atoms with Gasteiger partial charge in [0.2, 0.25) is 5.91 Å². The van der Waals surface area contributed by atoms with Crippen molar-refractivity contribution in [2.45, 2.75) is 31.7 Å². The fourth-order valence-electron chi connectivity index (χ4n) is 2.81. The lowest BCUT2D eigenvalue weighted by Gasteiger charge is -2.26. The molecule has 1 saturated carbocycles. The zero-order valence-electron chi connectivity index (χ0n) is 11.9. The van der Waals surface area contributed by atoms with Crippen LogP contribution in [0.2, 0.25) is 0 Å². The number of hydrogen-bond donors (Lipinski definition) is 2. The number of rotatable bonds is 5. The standard InChI is InChI=1S/C13H25N3O2.2ClH/c14-12-3-1-2-11(12)10-13(17)15-4-5-16-6-8-18-9-7-16;;/h11-12H,1-10,14H2,(H,15,17);2*1H/t11-,12+;;/m0../s1. The second-order valence-electron chi connectivity index (χ2n) is 5.36. The summed E-state index contributed by atoms with van der Waals surface area (Å²) in [6.45, 7) is 5.23. The number of nitrogens with two attached hydrogens (primary N) is 1. The molecule has 0 aromatic carbocycles. The predicted octanol–water partition coefficient (Wildman–Crippen LogP) is 0.796. The van der Waals surface area contributed by atoms with Crippen LogP contribution in [0, 0.1) is 5.92 Å². The van der Waals surface area contributed by atoms with Crippen molar-refractivity contribution in [3.63, 3.8) is 0 Å². The largest absolute Gasteiger partial charge is 0.379 e. The Balaban J connectivity index is 0.00000180. The van der Waals surface area contributed by atoms with Gasteiger partial charge in [-0.2, -0.15) is 0 Å². The molecule has 1 aliphatic heterocycles. The first-order valence-corrected chi connectivity index (χ1v) is 7.08. The lowest BCUT2D eigenvalue weighted by atomic mass is 10.00. The quantitative estimate of drug-likeness (QED) is 0.783. The van der Waals surface area contributed by atoms with Gasteiger partial charge in [0.25, 0.3) is 0 Å². The van der Waals surface area contributed by atoms with Crippen LogP contribution in [0.1, 0.15) is 25.7 Å². The van der Waals surface area contributed by atoms with Crippen LogP contribution in [0.3, 0.4) is 0 Å². The first-order valence-electron chi connectivity index (χ1n) is 7.08. The summed E-state index contributed by atoms with van der Waals surface area (Å²) < 4.78 is 5.28. The zero-order chi connectivity index (χ0) is 12.8. The minimum absolute atomic E-state index is 0. The van der Waals surface area contributed by atoms with Crippen molar-refractivity contribution in [3.05, 3.63) is 0 Å². The smallest absolute Gasteiger partial charge is 0.220 e. The number of nitrogens with one attached hydrogen (secondary N) is 1.